The zero-order chi connectivity index (χ0) is 14.0. The van der Waals surface area contributed by atoms with Crippen LogP contribution in [0.3, 0.4) is 0 Å². The van der Waals surface area contributed by atoms with E-state index in [0.29, 0.717) is 13.0 Å². The van der Waals surface area contributed by atoms with Crippen molar-refractivity contribution >= 4 is 5.69 Å². The minimum atomic E-state index is -0.166. The number of benzene rings is 1. The first-order chi connectivity index (χ1) is 8.99. The molecule has 0 radical (unpaired) electrons. The fourth-order valence-electron chi connectivity index (χ4n) is 2.58. The van der Waals surface area contributed by atoms with E-state index in [1.54, 1.807) is 6.07 Å². The van der Waals surface area contributed by atoms with Gasteiger partial charge in [0.2, 0.25) is 0 Å². The van der Waals surface area contributed by atoms with Gasteiger partial charge in [-0.3, -0.25) is 0 Å². The Hall–Kier alpha value is -1.13. The molecule has 106 valence electrons. The molecule has 0 amide bonds. The monoisotopic (exact) mass is 266 g/mol. The van der Waals surface area contributed by atoms with Gasteiger partial charge >= 0.3 is 0 Å². The summed E-state index contributed by atoms with van der Waals surface area (Å²) in [6.07, 6.45) is 0.725. The Morgan fingerprint density at radius 3 is 2.89 bits per heavy atom. The van der Waals surface area contributed by atoms with Gasteiger partial charge in [0, 0.05) is 29.9 Å². The third kappa shape index (κ3) is 3.25. The number of hydrogen-bond donors (Lipinski definition) is 1. The third-order valence-corrected chi connectivity index (χ3v) is 3.54. The fraction of sp³-hybridized carbons (Fsp3) is 0.600. The molecule has 1 aromatic rings. The zero-order valence-electron chi connectivity index (χ0n) is 11.9. The predicted octanol–water partition coefficient (Wildman–Crippen LogP) is 2.33. The first-order valence-corrected chi connectivity index (χ1v) is 6.90. The number of anilines is 1. The molecule has 3 unspecified atom stereocenters. The van der Waals surface area contributed by atoms with Gasteiger partial charge in [0.05, 0.1) is 12.7 Å². The molecular formula is C15H23FN2O. The first-order valence-electron chi connectivity index (χ1n) is 6.90. The van der Waals surface area contributed by atoms with E-state index < -0.39 is 0 Å². The van der Waals surface area contributed by atoms with E-state index in [0.717, 1.165) is 17.8 Å². The van der Waals surface area contributed by atoms with E-state index in [2.05, 4.69) is 11.8 Å². The maximum atomic E-state index is 14.1. The Kier molecular flexibility index (Phi) is 4.42. The number of rotatable bonds is 3. The minimum Gasteiger partial charge on any atom is -0.375 e. The second-order valence-electron chi connectivity index (χ2n) is 5.56. The molecule has 0 bridgehead atoms. The van der Waals surface area contributed by atoms with Crippen molar-refractivity contribution in [1.82, 2.24) is 0 Å². The molecule has 0 aliphatic carbocycles. The molecule has 1 aromatic carbocycles. The van der Waals surface area contributed by atoms with Crippen LogP contribution in [0.1, 0.15) is 26.3 Å². The standard InChI is InChI=1S/C15H23FN2O/c1-10(17)7-13-14(16)5-4-6-15(13)18-8-12(3)19-9-11(18)2/h4-6,10-12H,7-9,17H2,1-3H3. The third-order valence-electron chi connectivity index (χ3n) is 3.54. The predicted molar refractivity (Wildman–Crippen MR) is 76.0 cm³/mol. The lowest BCUT2D eigenvalue weighted by atomic mass is 10.0. The van der Waals surface area contributed by atoms with Crippen molar-refractivity contribution in [2.75, 3.05) is 18.1 Å². The summed E-state index contributed by atoms with van der Waals surface area (Å²) in [6, 6.07) is 5.46. The van der Waals surface area contributed by atoms with Crippen LogP contribution in [0.2, 0.25) is 0 Å². The molecule has 1 heterocycles. The van der Waals surface area contributed by atoms with Gasteiger partial charge in [-0.25, -0.2) is 4.39 Å². The molecular weight excluding hydrogens is 243 g/mol. The van der Waals surface area contributed by atoms with Crippen molar-refractivity contribution in [2.45, 2.75) is 45.4 Å². The molecule has 19 heavy (non-hydrogen) atoms. The van der Waals surface area contributed by atoms with Crippen LogP contribution in [0.5, 0.6) is 0 Å². The average molecular weight is 266 g/mol. The Labute approximate surface area is 114 Å². The van der Waals surface area contributed by atoms with Crippen molar-refractivity contribution in [1.29, 1.82) is 0 Å². The molecule has 0 aromatic heterocycles. The molecule has 1 saturated heterocycles. The SMILES string of the molecule is CC(N)Cc1c(F)cccc1N1CC(C)OCC1C. The quantitative estimate of drug-likeness (QED) is 0.912. The lowest BCUT2D eigenvalue weighted by molar-refractivity contribution is 0.0343. The maximum Gasteiger partial charge on any atom is 0.128 e. The van der Waals surface area contributed by atoms with Crippen LogP contribution in [-0.4, -0.2) is 31.3 Å². The molecule has 0 spiro atoms. The van der Waals surface area contributed by atoms with E-state index in [1.807, 2.05) is 19.9 Å². The molecule has 2 rings (SSSR count). The molecule has 3 atom stereocenters. The molecule has 3 nitrogen and oxygen atoms in total. The normalized spacial score (nSPS) is 25.4. The number of hydrogen-bond acceptors (Lipinski definition) is 3. The van der Waals surface area contributed by atoms with Gasteiger partial charge in [0.1, 0.15) is 5.82 Å². The number of nitrogens with zero attached hydrogens (tertiary/aromatic N) is 1. The highest BCUT2D eigenvalue weighted by atomic mass is 19.1. The molecule has 1 aliphatic rings. The van der Waals surface area contributed by atoms with Gasteiger partial charge in [0.15, 0.2) is 0 Å². The summed E-state index contributed by atoms with van der Waals surface area (Å²) >= 11 is 0. The van der Waals surface area contributed by atoms with Gasteiger partial charge in [-0.05, 0) is 39.3 Å². The lowest BCUT2D eigenvalue weighted by Crippen LogP contribution is -2.48. The Morgan fingerprint density at radius 2 is 2.21 bits per heavy atom. The summed E-state index contributed by atoms with van der Waals surface area (Å²) in [5, 5.41) is 0. The highest BCUT2D eigenvalue weighted by Crippen LogP contribution is 2.28. The summed E-state index contributed by atoms with van der Waals surface area (Å²) in [6.45, 7) is 7.52. The Balaban J connectivity index is 2.34. The molecule has 4 heteroatoms. The summed E-state index contributed by atoms with van der Waals surface area (Å²) in [4.78, 5) is 2.23. The van der Waals surface area contributed by atoms with E-state index in [-0.39, 0.29) is 24.0 Å². The van der Waals surface area contributed by atoms with E-state index in [4.69, 9.17) is 10.5 Å². The molecule has 2 N–H and O–H groups in total. The number of nitrogens with two attached hydrogens (primary N) is 1. The summed E-state index contributed by atoms with van der Waals surface area (Å²) in [5.74, 6) is -0.166. The lowest BCUT2D eigenvalue weighted by Gasteiger charge is -2.39. The average Bonchev–Trinajstić information content (AvgIpc) is 2.34. The summed E-state index contributed by atoms with van der Waals surface area (Å²) in [5.41, 5.74) is 7.52. The van der Waals surface area contributed by atoms with Gasteiger partial charge < -0.3 is 15.4 Å². The van der Waals surface area contributed by atoms with Crippen LogP contribution in [0.25, 0.3) is 0 Å². The maximum absolute atomic E-state index is 14.1. The van der Waals surface area contributed by atoms with Crippen LogP contribution in [-0.2, 0) is 11.2 Å². The Bertz CT molecular complexity index is 436. The van der Waals surface area contributed by atoms with E-state index in [9.17, 15) is 4.39 Å². The van der Waals surface area contributed by atoms with E-state index in [1.165, 1.54) is 6.07 Å². The van der Waals surface area contributed by atoms with Gasteiger partial charge in [0.25, 0.3) is 0 Å². The smallest absolute Gasteiger partial charge is 0.128 e. The van der Waals surface area contributed by atoms with Gasteiger partial charge in [-0.15, -0.1) is 0 Å². The number of halogens is 1. The second-order valence-corrected chi connectivity index (χ2v) is 5.56. The van der Waals surface area contributed by atoms with Gasteiger partial charge in [-0.2, -0.15) is 0 Å². The van der Waals surface area contributed by atoms with Crippen molar-refractivity contribution < 1.29 is 9.13 Å². The second kappa shape index (κ2) is 5.88. The van der Waals surface area contributed by atoms with Crippen molar-refractivity contribution in [3.8, 4) is 0 Å². The van der Waals surface area contributed by atoms with Crippen LogP contribution < -0.4 is 10.6 Å². The zero-order valence-corrected chi connectivity index (χ0v) is 11.9. The highest BCUT2D eigenvalue weighted by molar-refractivity contribution is 5.55. The Morgan fingerprint density at radius 1 is 1.47 bits per heavy atom. The number of ether oxygens (including phenoxy) is 1. The molecule has 1 aliphatic heterocycles. The van der Waals surface area contributed by atoms with Gasteiger partial charge in [-0.1, -0.05) is 6.07 Å². The van der Waals surface area contributed by atoms with Crippen LogP contribution in [0.15, 0.2) is 18.2 Å². The largest absolute Gasteiger partial charge is 0.375 e. The van der Waals surface area contributed by atoms with Crippen molar-refractivity contribution in [3.63, 3.8) is 0 Å². The van der Waals surface area contributed by atoms with E-state index >= 15 is 0 Å². The van der Waals surface area contributed by atoms with Crippen molar-refractivity contribution in [2.24, 2.45) is 5.73 Å². The molecule has 1 fully saturated rings. The highest BCUT2D eigenvalue weighted by Gasteiger charge is 2.26. The summed E-state index contributed by atoms with van der Waals surface area (Å²) < 4.78 is 19.7. The topological polar surface area (TPSA) is 38.5 Å². The summed E-state index contributed by atoms with van der Waals surface area (Å²) in [7, 11) is 0. The van der Waals surface area contributed by atoms with Crippen LogP contribution in [0.4, 0.5) is 10.1 Å². The number of morpholine rings is 1. The molecule has 0 saturated carbocycles. The van der Waals surface area contributed by atoms with Crippen LogP contribution >= 0.6 is 0 Å². The minimum absolute atomic E-state index is 0.0515. The van der Waals surface area contributed by atoms with Crippen LogP contribution in [0, 0.1) is 5.82 Å². The first kappa shape index (κ1) is 14.3. The van der Waals surface area contributed by atoms with Crippen molar-refractivity contribution in [3.05, 3.63) is 29.6 Å². The fourth-order valence-corrected chi connectivity index (χ4v) is 2.58.